The van der Waals surface area contributed by atoms with Gasteiger partial charge in [0.25, 0.3) is 0 Å². The fourth-order valence-electron chi connectivity index (χ4n) is 4.53. The molecule has 0 radical (unpaired) electrons. The summed E-state index contributed by atoms with van der Waals surface area (Å²) in [4.78, 5) is 43.7. The second kappa shape index (κ2) is 7.61. The number of aromatic nitrogens is 3. The number of aryl methyl sites for hydroxylation is 1. The highest BCUT2D eigenvalue weighted by Crippen LogP contribution is 2.39. The molecule has 2 saturated heterocycles. The average Bonchev–Trinajstić information content (AvgIpc) is 3.31. The lowest BCUT2D eigenvalue weighted by molar-refractivity contribution is -0.155. The zero-order valence-corrected chi connectivity index (χ0v) is 15.8. The second-order valence-corrected chi connectivity index (χ2v) is 7.62. The Hall–Kier alpha value is -2.90. The lowest BCUT2D eigenvalue weighted by Gasteiger charge is -2.44. The maximum absolute atomic E-state index is 13.4. The van der Waals surface area contributed by atoms with Gasteiger partial charge in [-0.2, -0.15) is 5.10 Å². The molecule has 8 nitrogen and oxygen atoms in total. The number of benzene rings is 1. The van der Waals surface area contributed by atoms with E-state index in [0.717, 1.165) is 37.8 Å². The van der Waals surface area contributed by atoms with Crippen LogP contribution in [0.4, 0.5) is 0 Å². The van der Waals surface area contributed by atoms with Crippen molar-refractivity contribution in [3.8, 4) is 0 Å². The van der Waals surface area contributed by atoms with Crippen LogP contribution in [0.5, 0.6) is 0 Å². The number of hydrogen-bond acceptors (Lipinski definition) is 4. The van der Waals surface area contributed by atoms with Gasteiger partial charge in [-0.3, -0.25) is 14.6 Å². The van der Waals surface area contributed by atoms with Crippen LogP contribution in [0.15, 0.2) is 35.1 Å². The van der Waals surface area contributed by atoms with E-state index < -0.39 is 5.54 Å². The van der Waals surface area contributed by atoms with Crippen molar-refractivity contribution in [3.63, 3.8) is 0 Å². The third-order valence-electron chi connectivity index (χ3n) is 5.84. The van der Waals surface area contributed by atoms with Gasteiger partial charge in [0.1, 0.15) is 11.4 Å². The van der Waals surface area contributed by atoms with Gasteiger partial charge in [-0.15, -0.1) is 0 Å². The zero-order chi connectivity index (χ0) is 19.6. The smallest absolute Gasteiger partial charge is 0.336 e. The van der Waals surface area contributed by atoms with Gasteiger partial charge in [0.05, 0.1) is 0 Å². The molecule has 1 aromatic heterocycles. The Morgan fingerprint density at radius 3 is 2.57 bits per heavy atom. The Balaban J connectivity index is 1.47. The van der Waals surface area contributed by atoms with Crippen LogP contribution in [0, 0.1) is 0 Å². The summed E-state index contributed by atoms with van der Waals surface area (Å²) in [5, 5.41) is 6.16. The first-order chi connectivity index (χ1) is 13.6. The fourth-order valence-corrected chi connectivity index (χ4v) is 4.53. The first kappa shape index (κ1) is 18.5. The minimum absolute atomic E-state index is 0.0451. The summed E-state index contributed by atoms with van der Waals surface area (Å²) in [6, 6.07) is 9.97. The van der Waals surface area contributed by atoms with E-state index in [0.29, 0.717) is 25.3 Å². The summed E-state index contributed by atoms with van der Waals surface area (Å²) in [5.74, 6) is 0.491. The Kier molecular flexibility index (Phi) is 5.02. The number of nitrogens with one attached hydrogen (secondary N) is 2. The van der Waals surface area contributed by atoms with Crippen molar-refractivity contribution in [2.24, 2.45) is 0 Å². The predicted molar refractivity (Wildman–Crippen MR) is 102 cm³/mol. The minimum atomic E-state index is -0.705. The molecule has 4 rings (SSSR count). The summed E-state index contributed by atoms with van der Waals surface area (Å²) in [6.07, 6.45) is 3.77. The highest BCUT2D eigenvalue weighted by Gasteiger charge is 2.52. The number of rotatable bonds is 5. The quantitative estimate of drug-likeness (QED) is 0.810. The van der Waals surface area contributed by atoms with E-state index in [9.17, 15) is 14.4 Å². The van der Waals surface area contributed by atoms with Gasteiger partial charge in [-0.25, -0.2) is 9.89 Å². The van der Waals surface area contributed by atoms with E-state index in [1.54, 1.807) is 4.90 Å². The molecule has 1 atom stereocenters. The van der Waals surface area contributed by atoms with Crippen LogP contribution in [0.3, 0.4) is 0 Å². The van der Waals surface area contributed by atoms with Gasteiger partial charge < -0.3 is 9.80 Å². The first-order valence-corrected chi connectivity index (χ1v) is 9.86. The Morgan fingerprint density at radius 1 is 1.11 bits per heavy atom. The summed E-state index contributed by atoms with van der Waals surface area (Å²) < 4.78 is 0. The van der Waals surface area contributed by atoms with Crippen LogP contribution in [-0.2, 0) is 22.6 Å². The van der Waals surface area contributed by atoms with Crippen LogP contribution < -0.4 is 5.69 Å². The molecule has 1 unspecified atom stereocenters. The first-order valence-electron chi connectivity index (χ1n) is 9.86. The molecule has 1 spiro atoms. The Bertz CT molecular complexity index is 906. The molecule has 2 N–H and O–H groups in total. The molecule has 2 amide bonds. The summed E-state index contributed by atoms with van der Waals surface area (Å²) >= 11 is 0. The summed E-state index contributed by atoms with van der Waals surface area (Å²) in [7, 11) is 0. The Labute approximate surface area is 162 Å². The molecule has 2 fully saturated rings. The molecule has 2 aliphatic heterocycles. The average molecular weight is 383 g/mol. The van der Waals surface area contributed by atoms with Crippen LogP contribution >= 0.6 is 0 Å². The molecule has 0 saturated carbocycles. The van der Waals surface area contributed by atoms with Crippen molar-refractivity contribution in [1.82, 2.24) is 25.0 Å². The van der Waals surface area contributed by atoms with E-state index in [2.05, 4.69) is 15.2 Å². The topological polar surface area (TPSA) is 102 Å². The third kappa shape index (κ3) is 3.46. The molecule has 3 heterocycles. The van der Waals surface area contributed by atoms with E-state index >= 15 is 0 Å². The predicted octanol–water partition coefficient (Wildman–Crippen LogP) is 1.21. The Morgan fingerprint density at radius 2 is 1.86 bits per heavy atom. The maximum Gasteiger partial charge on any atom is 0.340 e. The SMILES string of the molecule is O=C(CCc1n[nH]c(=O)[nH]1)N1CCCC12CCCN(Cc1ccccc1)C2=O. The van der Waals surface area contributed by atoms with Gasteiger partial charge in [0.2, 0.25) is 11.8 Å². The number of carbonyl (C=O) groups is 2. The number of piperidine rings is 1. The van der Waals surface area contributed by atoms with Crippen LogP contribution in [0.25, 0.3) is 0 Å². The van der Waals surface area contributed by atoms with Crippen molar-refractivity contribution in [3.05, 3.63) is 52.2 Å². The number of carbonyl (C=O) groups excluding carboxylic acids is 2. The van der Waals surface area contributed by atoms with Crippen molar-refractivity contribution in [1.29, 1.82) is 0 Å². The number of H-pyrrole nitrogens is 2. The summed E-state index contributed by atoms with van der Waals surface area (Å²) in [5.41, 5.74) is 0.0219. The van der Waals surface area contributed by atoms with Crippen LogP contribution in [-0.4, -0.2) is 55.4 Å². The molecule has 0 bridgehead atoms. The number of hydrogen-bond donors (Lipinski definition) is 2. The highest BCUT2D eigenvalue weighted by atomic mass is 16.2. The largest absolute Gasteiger partial charge is 0.340 e. The standard InChI is InChI=1S/C20H25N5O3/c26-17(9-8-16-21-19(28)23-22-16)25-13-5-11-20(25)10-4-12-24(18(20)27)14-15-6-2-1-3-7-15/h1-3,6-7H,4-5,8-14H2,(H2,21,22,23,28). The number of amides is 2. The van der Waals surface area contributed by atoms with E-state index in [1.165, 1.54) is 0 Å². The molecular formula is C20H25N5O3. The van der Waals surface area contributed by atoms with Crippen molar-refractivity contribution in [2.75, 3.05) is 13.1 Å². The van der Waals surface area contributed by atoms with E-state index in [-0.39, 0.29) is 23.9 Å². The normalized spacial score (nSPS) is 22.2. The van der Waals surface area contributed by atoms with Gasteiger partial charge in [-0.05, 0) is 31.2 Å². The molecular weight excluding hydrogens is 358 g/mol. The van der Waals surface area contributed by atoms with Crippen molar-refractivity contribution >= 4 is 11.8 Å². The third-order valence-corrected chi connectivity index (χ3v) is 5.84. The van der Waals surface area contributed by atoms with Crippen LogP contribution in [0.1, 0.15) is 43.5 Å². The monoisotopic (exact) mass is 383 g/mol. The van der Waals surface area contributed by atoms with Crippen LogP contribution in [0.2, 0.25) is 0 Å². The molecule has 2 aromatic rings. The van der Waals surface area contributed by atoms with Crippen molar-refractivity contribution < 1.29 is 9.59 Å². The lowest BCUT2D eigenvalue weighted by Crippen LogP contribution is -2.61. The van der Waals surface area contributed by atoms with Gasteiger partial charge in [0.15, 0.2) is 0 Å². The molecule has 8 heteroatoms. The summed E-state index contributed by atoms with van der Waals surface area (Å²) in [6.45, 7) is 1.92. The second-order valence-electron chi connectivity index (χ2n) is 7.62. The van der Waals surface area contributed by atoms with Gasteiger partial charge in [-0.1, -0.05) is 30.3 Å². The van der Waals surface area contributed by atoms with Gasteiger partial charge in [0, 0.05) is 32.5 Å². The molecule has 28 heavy (non-hydrogen) atoms. The molecule has 148 valence electrons. The van der Waals surface area contributed by atoms with E-state index in [4.69, 9.17) is 0 Å². The molecule has 0 aliphatic carbocycles. The molecule has 1 aromatic carbocycles. The van der Waals surface area contributed by atoms with Crippen molar-refractivity contribution in [2.45, 2.75) is 50.6 Å². The number of likely N-dealkylation sites (tertiary alicyclic amines) is 2. The molecule has 2 aliphatic rings. The fraction of sp³-hybridized carbons (Fsp3) is 0.500. The minimum Gasteiger partial charge on any atom is -0.336 e. The number of aromatic amines is 2. The number of nitrogens with zero attached hydrogens (tertiary/aromatic N) is 3. The van der Waals surface area contributed by atoms with E-state index in [1.807, 2.05) is 35.2 Å². The lowest BCUT2D eigenvalue weighted by atomic mass is 9.85. The van der Waals surface area contributed by atoms with Gasteiger partial charge >= 0.3 is 5.69 Å². The zero-order valence-electron chi connectivity index (χ0n) is 15.8. The highest BCUT2D eigenvalue weighted by molar-refractivity contribution is 5.92. The maximum atomic E-state index is 13.4.